The minimum atomic E-state index is 0.675. The molecule has 10 aromatic rings. The van der Waals surface area contributed by atoms with Gasteiger partial charge in [0.25, 0.3) is 0 Å². The Bertz CT molecular complexity index is 2730. The fourth-order valence-electron chi connectivity index (χ4n) is 6.69. The van der Waals surface area contributed by atoms with Gasteiger partial charge in [0.1, 0.15) is 4.83 Å². The van der Waals surface area contributed by atoms with Gasteiger partial charge in [-0.2, -0.15) is 0 Å². The Balaban J connectivity index is 1.48. The maximum atomic E-state index is 5.35. The molecule has 0 radical (unpaired) electrons. The highest BCUT2D eigenvalue weighted by Gasteiger charge is 2.25. The minimum absolute atomic E-state index is 0.675. The lowest BCUT2D eigenvalue weighted by Crippen LogP contribution is -2.03. The fourth-order valence-corrected chi connectivity index (χ4v) is 9.22. The van der Waals surface area contributed by atoms with Crippen LogP contribution in [0.15, 0.2) is 121 Å². The normalized spacial score (nSPS) is 12.2. The summed E-state index contributed by atoms with van der Waals surface area (Å²) >= 11 is 3.64. The number of benzene rings is 5. The van der Waals surface area contributed by atoms with E-state index in [1.165, 1.54) is 46.4 Å². The van der Waals surface area contributed by atoms with Crippen molar-refractivity contribution in [3.63, 3.8) is 0 Å². The smallest absolute Gasteiger partial charge is 0.235 e. The molecule has 0 amide bonds. The maximum Gasteiger partial charge on any atom is 0.235 e. The topological polar surface area (TPSA) is 43.6 Å². The van der Waals surface area contributed by atoms with E-state index in [0.717, 1.165) is 38.0 Å². The highest BCUT2D eigenvalue weighted by molar-refractivity contribution is 7.30. The van der Waals surface area contributed by atoms with Gasteiger partial charge in [-0.25, -0.2) is 15.0 Å². The van der Waals surface area contributed by atoms with Crippen LogP contribution in [0, 0.1) is 0 Å². The number of aromatic nitrogens is 4. The summed E-state index contributed by atoms with van der Waals surface area (Å²) in [5.74, 6) is 0.675. The number of rotatable bonds is 2. The predicted octanol–water partition coefficient (Wildman–Crippen LogP) is 10.5. The summed E-state index contributed by atoms with van der Waals surface area (Å²) in [4.78, 5) is 16.5. The van der Waals surface area contributed by atoms with Crippen molar-refractivity contribution in [1.29, 1.82) is 0 Å². The van der Waals surface area contributed by atoms with Crippen LogP contribution in [-0.4, -0.2) is 19.5 Å². The van der Waals surface area contributed by atoms with Gasteiger partial charge in [-0.05, 0) is 30.3 Å². The van der Waals surface area contributed by atoms with Gasteiger partial charge in [0.15, 0.2) is 0 Å². The molecule has 0 aliphatic rings. The highest BCUT2D eigenvalue weighted by Crippen LogP contribution is 2.51. The Kier molecular flexibility index (Phi) is 4.72. The first-order chi connectivity index (χ1) is 21.3. The zero-order chi connectivity index (χ0) is 28.1. The van der Waals surface area contributed by atoms with Crippen molar-refractivity contribution in [2.75, 3.05) is 0 Å². The number of fused-ring (bicyclic) bond motifs is 13. The van der Waals surface area contributed by atoms with Crippen molar-refractivity contribution in [3.8, 4) is 17.2 Å². The molecule has 6 heteroatoms. The molecule has 0 bridgehead atoms. The molecule has 0 atom stereocenters. The van der Waals surface area contributed by atoms with Crippen LogP contribution in [0.1, 0.15) is 0 Å². The van der Waals surface area contributed by atoms with Crippen LogP contribution in [0.5, 0.6) is 0 Å². The van der Waals surface area contributed by atoms with Crippen LogP contribution in [0.4, 0.5) is 0 Å². The van der Waals surface area contributed by atoms with Crippen LogP contribution < -0.4 is 0 Å². The summed E-state index contributed by atoms with van der Waals surface area (Å²) in [7, 11) is 0. The first-order valence-corrected chi connectivity index (χ1v) is 15.8. The third-order valence-corrected chi connectivity index (χ3v) is 10.8. The molecule has 0 spiro atoms. The largest absolute Gasteiger partial charge is 0.276 e. The van der Waals surface area contributed by atoms with Gasteiger partial charge in [-0.3, -0.25) is 4.57 Å². The van der Waals surface area contributed by atoms with Crippen LogP contribution >= 0.6 is 22.7 Å². The van der Waals surface area contributed by atoms with Crippen LogP contribution in [0.3, 0.4) is 0 Å². The molecule has 0 saturated heterocycles. The van der Waals surface area contributed by atoms with E-state index in [0.29, 0.717) is 5.95 Å². The first-order valence-electron chi connectivity index (χ1n) is 14.2. The average molecular weight is 585 g/mol. The van der Waals surface area contributed by atoms with Crippen molar-refractivity contribution < 1.29 is 0 Å². The van der Waals surface area contributed by atoms with E-state index in [1.807, 2.05) is 29.7 Å². The molecule has 0 aliphatic heterocycles. The number of nitrogens with zero attached hydrogens (tertiary/aromatic N) is 4. The molecule has 0 fully saturated rings. The molecule has 10 rings (SSSR count). The summed E-state index contributed by atoms with van der Waals surface area (Å²) in [5.41, 5.74) is 5.17. The molecule has 5 heterocycles. The monoisotopic (exact) mass is 584 g/mol. The third-order valence-electron chi connectivity index (χ3n) is 8.47. The zero-order valence-corrected chi connectivity index (χ0v) is 24.3. The molecule has 43 heavy (non-hydrogen) atoms. The summed E-state index contributed by atoms with van der Waals surface area (Å²) in [6.07, 6.45) is 1.89. The predicted molar refractivity (Wildman–Crippen MR) is 183 cm³/mol. The molecule has 0 unspecified atom stereocenters. The third kappa shape index (κ3) is 3.16. The van der Waals surface area contributed by atoms with Crippen LogP contribution in [0.2, 0.25) is 0 Å². The summed E-state index contributed by atoms with van der Waals surface area (Å²) < 4.78 is 6.12. The van der Waals surface area contributed by atoms with Gasteiger partial charge in [-0.15, -0.1) is 22.7 Å². The van der Waals surface area contributed by atoms with E-state index in [4.69, 9.17) is 15.0 Å². The maximum absolute atomic E-state index is 5.35. The standard InChI is InChI=1S/C37H20N4S2/c1-2-11-21(12-3-1)32-22-13-4-7-17-26(22)39-37(40-32)41-27-18-8-5-14-23(27)29-30-24-15-6-9-19-28(24)42-34(30)31-25-16-10-20-38-36(25)43-35(31)33(29)41/h1-20H. The average Bonchev–Trinajstić information content (AvgIpc) is 3.74. The number of hydrogen-bond acceptors (Lipinski definition) is 5. The lowest BCUT2D eigenvalue weighted by atomic mass is 10.0. The van der Waals surface area contributed by atoms with E-state index in [9.17, 15) is 0 Å². The van der Waals surface area contributed by atoms with Crippen LogP contribution in [-0.2, 0) is 0 Å². The van der Waals surface area contributed by atoms with E-state index in [1.54, 1.807) is 11.3 Å². The van der Waals surface area contributed by atoms with E-state index >= 15 is 0 Å². The Morgan fingerprint density at radius 1 is 0.535 bits per heavy atom. The Morgan fingerprint density at radius 3 is 2.19 bits per heavy atom. The van der Waals surface area contributed by atoms with E-state index in [-0.39, 0.29) is 0 Å². The fraction of sp³-hybridized carbons (Fsp3) is 0. The van der Waals surface area contributed by atoms with E-state index < -0.39 is 0 Å². The van der Waals surface area contributed by atoms with Crippen molar-refractivity contribution >= 4 is 95.9 Å². The van der Waals surface area contributed by atoms with Gasteiger partial charge in [-0.1, -0.05) is 84.9 Å². The van der Waals surface area contributed by atoms with Crippen molar-refractivity contribution in [3.05, 3.63) is 121 Å². The number of thiophene rings is 2. The number of hydrogen-bond donors (Lipinski definition) is 0. The zero-order valence-electron chi connectivity index (χ0n) is 22.7. The number of pyridine rings is 1. The Labute approximate surface area is 253 Å². The van der Waals surface area contributed by atoms with Gasteiger partial charge < -0.3 is 0 Å². The van der Waals surface area contributed by atoms with Gasteiger partial charge >= 0.3 is 0 Å². The van der Waals surface area contributed by atoms with Gasteiger partial charge in [0.2, 0.25) is 5.95 Å². The van der Waals surface area contributed by atoms with Crippen LogP contribution in [0.25, 0.3) is 90.4 Å². The van der Waals surface area contributed by atoms with Crippen molar-refractivity contribution in [1.82, 2.24) is 19.5 Å². The lowest BCUT2D eigenvalue weighted by Gasteiger charge is -2.12. The quantitative estimate of drug-likeness (QED) is 0.203. The molecule has 0 aliphatic carbocycles. The molecular formula is C37H20N4S2. The lowest BCUT2D eigenvalue weighted by molar-refractivity contribution is 1.02. The summed E-state index contributed by atoms with van der Waals surface area (Å²) in [6.45, 7) is 0. The molecule has 0 saturated carbocycles. The van der Waals surface area contributed by atoms with Crippen molar-refractivity contribution in [2.24, 2.45) is 0 Å². The Hall–Kier alpha value is -5.17. The second kappa shape index (κ2) is 8.67. The molecule has 200 valence electrons. The van der Waals surface area contributed by atoms with Gasteiger partial charge in [0.05, 0.1) is 26.9 Å². The molecule has 0 N–H and O–H groups in total. The minimum Gasteiger partial charge on any atom is -0.276 e. The van der Waals surface area contributed by atoms with Crippen molar-refractivity contribution in [2.45, 2.75) is 0 Å². The summed E-state index contributed by atoms with van der Waals surface area (Å²) in [6, 6.07) is 40.5. The molecule has 5 aromatic heterocycles. The Morgan fingerprint density at radius 2 is 1.28 bits per heavy atom. The molecular weight excluding hydrogens is 565 g/mol. The second-order valence-electron chi connectivity index (χ2n) is 10.8. The first kappa shape index (κ1) is 23.4. The molecule has 4 nitrogen and oxygen atoms in total. The molecule has 5 aromatic carbocycles. The SMILES string of the molecule is c1ccc(-c2nc(-n3c4ccccc4c4c5c6ccccc6sc5c5c6cccnc6sc5c43)nc3ccccc23)cc1. The van der Waals surface area contributed by atoms with Gasteiger partial charge in [0, 0.05) is 58.9 Å². The second-order valence-corrected chi connectivity index (χ2v) is 12.8. The summed E-state index contributed by atoms with van der Waals surface area (Å²) in [5, 5.41) is 8.54. The highest BCUT2D eigenvalue weighted by atomic mass is 32.1. The number of para-hydroxylation sites is 2. The van der Waals surface area contributed by atoms with E-state index in [2.05, 4.69) is 108 Å².